The predicted molar refractivity (Wildman–Crippen MR) is 302 cm³/mol. The van der Waals surface area contributed by atoms with Gasteiger partial charge in [-0.1, -0.05) is 282 Å². The monoisotopic (exact) mass is 1010 g/mol. The molecule has 0 saturated heterocycles. The molecule has 0 spiro atoms. The molecule has 0 fully saturated rings. The first kappa shape index (κ1) is 69.0. The van der Waals surface area contributed by atoms with Crippen LogP contribution in [0.1, 0.15) is 309 Å². The van der Waals surface area contributed by atoms with Gasteiger partial charge in [0.1, 0.15) is 13.2 Å². The molecular weight excluding hydrogens is 888 g/mol. The molecule has 0 rings (SSSR count). The number of likely N-dealkylation sites (N-methyl/N-ethyl adjacent to an activating group) is 1. The van der Waals surface area contributed by atoms with E-state index in [1.807, 2.05) is 21.1 Å². The van der Waals surface area contributed by atoms with E-state index in [0.29, 0.717) is 23.9 Å². The van der Waals surface area contributed by atoms with Gasteiger partial charge in [-0.3, -0.25) is 9.36 Å². The summed E-state index contributed by atoms with van der Waals surface area (Å²) in [5.74, 6) is -0.162. The molecule has 70 heavy (non-hydrogen) atoms. The number of hydrogen-bond acceptors (Lipinski definition) is 6. The molecule has 0 aliphatic heterocycles. The van der Waals surface area contributed by atoms with Crippen molar-refractivity contribution in [2.75, 3.05) is 40.9 Å². The number of nitrogens with zero attached hydrogens (tertiary/aromatic N) is 1. The second-order valence-electron chi connectivity index (χ2n) is 22.4. The number of aliphatic hydroxyl groups excluding tert-OH is 1. The third-order valence-corrected chi connectivity index (χ3v) is 15.2. The number of allylic oxidation sites excluding steroid dienone is 4. The molecule has 0 heterocycles. The van der Waals surface area contributed by atoms with Crippen LogP contribution >= 0.6 is 7.82 Å². The van der Waals surface area contributed by atoms with Crippen molar-refractivity contribution in [2.45, 2.75) is 321 Å². The lowest BCUT2D eigenvalue weighted by Crippen LogP contribution is -2.46. The Kier molecular flexibility index (Phi) is 52.1. The smallest absolute Gasteiger partial charge is 0.268 e. The van der Waals surface area contributed by atoms with Gasteiger partial charge in [-0.2, -0.15) is 0 Å². The Bertz CT molecular complexity index is 1190. The summed E-state index contributed by atoms with van der Waals surface area (Å²) >= 11 is 0. The number of carbonyl (C=O) groups excluding carboxylic acids is 1. The highest BCUT2D eigenvalue weighted by Gasteiger charge is 2.24. The highest BCUT2D eigenvalue weighted by atomic mass is 31.2. The standard InChI is InChI=1S/C61H121N2O6P/c1-6-8-10-12-14-16-18-20-22-24-26-28-29-30-31-32-33-35-37-39-41-43-45-47-49-51-53-55-61(65)62-59(58-69-70(66,67)68-57-56-63(3,4)5)60(64)54-52-50-48-46-44-42-40-38-36-34-27-25-23-21-19-17-15-13-11-9-7-2/h26,28,30-31,59-60,64H,6-25,27,29,32-58H2,1-5H3,(H-,62,65,66,67)/b28-26-,31-30-. The van der Waals surface area contributed by atoms with E-state index in [2.05, 4.69) is 43.5 Å². The maximum Gasteiger partial charge on any atom is 0.268 e. The van der Waals surface area contributed by atoms with E-state index in [0.717, 1.165) is 44.9 Å². The molecule has 0 aliphatic rings. The van der Waals surface area contributed by atoms with Gasteiger partial charge in [0.15, 0.2) is 0 Å². The lowest BCUT2D eigenvalue weighted by Gasteiger charge is -2.30. The average Bonchev–Trinajstić information content (AvgIpc) is 3.32. The van der Waals surface area contributed by atoms with E-state index < -0.39 is 20.0 Å². The van der Waals surface area contributed by atoms with Crippen LogP contribution in [0, 0.1) is 0 Å². The minimum absolute atomic E-state index is 0.0133. The maximum atomic E-state index is 13.0. The summed E-state index contributed by atoms with van der Waals surface area (Å²) in [4.78, 5) is 25.6. The van der Waals surface area contributed by atoms with Crippen LogP contribution in [-0.2, 0) is 18.4 Å². The van der Waals surface area contributed by atoms with Crippen LogP contribution in [0.5, 0.6) is 0 Å². The molecule has 0 aromatic heterocycles. The van der Waals surface area contributed by atoms with Crippen LogP contribution < -0.4 is 10.2 Å². The van der Waals surface area contributed by atoms with Crippen molar-refractivity contribution < 1.29 is 32.9 Å². The number of carbonyl (C=O) groups is 1. The topological polar surface area (TPSA) is 108 Å². The molecule has 0 bridgehead atoms. The first-order chi connectivity index (χ1) is 34.0. The summed E-state index contributed by atoms with van der Waals surface area (Å²) in [7, 11) is 1.32. The van der Waals surface area contributed by atoms with Gasteiger partial charge in [0.25, 0.3) is 7.82 Å². The summed E-state index contributed by atoms with van der Waals surface area (Å²) in [5.41, 5.74) is 0. The van der Waals surface area contributed by atoms with Crippen LogP contribution in [0.25, 0.3) is 0 Å². The highest BCUT2D eigenvalue weighted by Crippen LogP contribution is 2.38. The van der Waals surface area contributed by atoms with Crippen LogP contribution in [-0.4, -0.2) is 68.5 Å². The number of amides is 1. The second kappa shape index (κ2) is 52.8. The number of nitrogens with one attached hydrogen (secondary N) is 1. The molecule has 0 radical (unpaired) electrons. The quantitative estimate of drug-likeness (QED) is 0.0272. The van der Waals surface area contributed by atoms with Crippen molar-refractivity contribution in [3.63, 3.8) is 0 Å². The van der Waals surface area contributed by atoms with Crippen molar-refractivity contribution in [3.05, 3.63) is 24.3 Å². The summed E-state index contributed by atoms with van der Waals surface area (Å²) in [6.45, 7) is 4.77. The molecule has 1 amide bonds. The van der Waals surface area contributed by atoms with E-state index in [4.69, 9.17) is 9.05 Å². The third-order valence-electron chi connectivity index (χ3n) is 14.2. The zero-order valence-corrected chi connectivity index (χ0v) is 48.4. The maximum absolute atomic E-state index is 13.0. The van der Waals surface area contributed by atoms with Crippen molar-refractivity contribution in [2.24, 2.45) is 0 Å². The number of aliphatic hydroxyl groups is 1. The largest absolute Gasteiger partial charge is 0.756 e. The fraction of sp³-hybridized carbons (Fsp3) is 0.918. The zero-order chi connectivity index (χ0) is 51.3. The van der Waals surface area contributed by atoms with E-state index in [9.17, 15) is 19.4 Å². The van der Waals surface area contributed by atoms with Crippen LogP contribution in [0.3, 0.4) is 0 Å². The number of quaternary nitrogens is 1. The zero-order valence-electron chi connectivity index (χ0n) is 47.5. The Morgan fingerprint density at radius 3 is 1.19 bits per heavy atom. The fourth-order valence-corrected chi connectivity index (χ4v) is 10.1. The molecule has 2 N–H and O–H groups in total. The summed E-state index contributed by atoms with van der Waals surface area (Å²) in [6, 6.07) is -0.801. The molecule has 9 heteroatoms. The Hall–Kier alpha value is -1.02. The van der Waals surface area contributed by atoms with E-state index in [-0.39, 0.29) is 19.1 Å². The molecule has 8 nitrogen and oxygen atoms in total. The van der Waals surface area contributed by atoms with Gasteiger partial charge < -0.3 is 28.8 Å². The molecule has 0 aromatic rings. The Morgan fingerprint density at radius 1 is 0.500 bits per heavy atom. The SMILES string of the molecule is CCCCCCCCCCC/C=C\C/C=C\CCCCCCCCCCCCCC(=O)NC(COP(=O)([O-])OCC[N+](C)(C)C)C(O)CCCCCCCCCCCCCCCCCCCCCCC. The van der Waals surface area contributed by atoms with Gasteiger partial charge in [-0.25, -0.2) is 0 Å². The lowest BCUT2D eigenvalue weighted by molar-refractivity contribution is -0.870. The fourth-order valence-electron chi connectivity index (χ4n) is 9.37. The first-order valence-electron chi connectivity index (χ1n) is 30.7. The Balaban J connectivity index is 4.12. The normalized spacial score (nSPS) is 14.0. The Morgan fingerprint density at radius 2 is 0.829 bits per heavy atom. The number of rotatable bonds is 57. The van der Waals surface area contributed by atoms with Crippen LogP contribution in [0.4, 0.5) is 0 Å². The van der Waals surface area contributed by atoms with Crippen molar-refractivity contribution in [1.29, 1.82) is 0 Å². The van der Waals surface area contributed by atoms with E-state index in [1.165, 1.54) is 238 Å². The molecular formula is C61H121N2O6P. The number of hydrogen-bond donors (Lipinski definition) is 2. The minimum atomic E-state index is -4.57. The van der Waals surface area contributed by atoms with Gasteiger partial charge in [-0.15, -0.1) is 0 Å². The molecule has 3 unspecified atom stereocenters. The van der Waals surface area contributed by atoms with E-state index >= 15 is 0 Å². The number of unbranched alkanes of at least 4 members (excludes halogenated alkanes) is 40. The summed E-state index contributed by atoms with van der Waals surface area (Å²) in [6.07, 6.45) is 66.4. The molecule has 0 aromatic carbocycles. The third kappa shape index (κ3) is 54.7. The number of phosphoric ester groups is 1. The van der Waals surface area contributed by atoms with Crippen molar-refractivity contribution >= 4 is 13.7 Å². The number of phosphoric acid groups is 1. The minimum Gasteiger partial charge on any atom is -0.756 e. The van der Waals surface area contributed by atoms with Gasteiger partial charge in [0.2, 0.25) is 5.91 Å². The molecule has 3 atom stereocenters. The summed E-state index contributed by atoms with van der Waals surface area (Å²) in [5, 5.41) is 14.1. The Labute approximate surface area is 436 Å². The average molecular weight is 1010 g/mol. The highest BCUT2D eigenvalue weighted by molar-refractivity contribution is 7.45. The first-order valence-corrected chi connectivity index (χ1v) is 32.1. The molecule has 0 saturated carbocycles. The van der Waals surface area contributed by atoms with Gasteiger partial charge in [0.05, 0.1) is 39.9 Å². The van der Waals surface area contributed by atoms with Crippen molar-refractivity contribution in [1.82, 2.24) is 5.32 Å². The summed E-state index contributed by atoms with van der Waals surface area (Å²) < 4.78 is 23.5. The predicted octanol–water partition coefficient (Wildman–Crippen LogP) is 18.1. The van der Waals surface area contributed by atoms with Gasteiger partial charge >= 0.3 is 0 Å². The molecule has 0 aliphatic carbocycles. The second-order valence-corrected chi connectivity index (χ2v) is 23.8. The van der Waals surface area contributed by atoms with Crippen LogP contribution in [0.15, 0.2) is 24.3 Å². The van der Waals surface area contributed by atoms with Crippen molar-refractivity contribution in [3.8, 4) is 0 Å². The van der Waals surface area contributed by atoms with Gasteiger partial charge in [0, 0.05) is 6.42 Å². The lowest BCUT2D eigenvalue weighted by atomic mass is 10.0. The van der Waals surface area contributed by atoms with E-state index in [1.54, 1.807) is 0 Å². The van der Waals surface area contributed by atoms with Gasteiger partial charge in [-0.05, 0) is 44.9 Å². The molecule has 416 valence electrons. The van der Waals surface area contributed by atoms with Crippen LogP contribution in [0.2, 0.25) is 0 Å².